The fourth-order valence-electron chi connectivity index (χ4n) is 1.25. The maximum Gasteiger partial charge on any atom is 0.319 e. The Morgan fingerprint density at radius 2 is 2.12 bits per heavy atom. The van der Waals surface area contributed by atoms with E-state index in [0.717, 1.165) is 30.0 Å². The molecule has 0 bridgehead atoms. The van der Waals surface area contributed by atoms with E-state index in [-0.39, 0.29) is 11.5 Å². The third-order valence-electron chi connectivity index (χ3n) is 2.08. The van der Waals surface area contributed by atoms with Crippen LogP contribution in [0.2, 0.25) is 0 Å². The highest BCUT2D eigenvalue weighted by Crippen LogP contribution is 2.29. The van der Waals surface area contributed by atoms with Crippen molar-refractivity contribution in [2.45, 2.75) is 30.4 Å². The summed E-state index contributed by atoms with van der Waals surface area (Å²) in [5, 5.41) is -0.508. The Morgan fingerprint density at radius 1 is 1.41 bits per heavy atom. The molecule has 0 aliphatic carbocycles. The number of benzene rings is 1. The van der Waals surface area contributed by atoms with E-state index >= 15 is 0 Å². The average Bonchev–Trinajstić information content (AvgIpc) is 2.30. The third-order valence-corrected chi connectivity index (χ3v) is 3.46. The molecule has 94 valence electrons. The van der Waals surface area contributed by atoms with E-state index in [9.17, 15) is 13.6 Å². The molecule has 0 radical (unpaired) electrons. The van der Waals surface area contributed by atoms with Gasteiger partial charge in [-0.25, -0.2) is 8.78 Å². The topological polar surface area (TPSA) is 26.3 Å². The molecule has 0 saturated carbocycles. The summed E-state index contributed by atoms with van der Waals surface area (Å²) in [5.74, 6) is -1.45. The van der Waals surface area contributed by atoms with Gasteiger partial charge in [-0.1, -0.05) is 6.92 Å². The van der Waals surface area contributed by atoms with Gasteiger partial charge in [0.15, 0.2) is 0 Å². The molecular weight excluding hydrogens is 246 g/mol. The number of hydrogen-bond acceptors (Lipinski definition) is 3. The summed E-state index contributed by atoms with van der Waals surface area (Å²) in [6.45, 7) is 3.78. The van der Waals surface area contributed by atoms with E-state index < -0.39 is 22.9 Å². The van der Waals surface area contributed by atoms with Crippen LogP contribution in [0.4, 0.5) is 8.78 Å². The molecule has 0 N–H and O–H groups in total. The highest BCUT2D eigenvalue weighted by molar-refractivity contribution is 8.00. The van der Waals surface area contributed by atoms with Gasteiger partial charge in [-0.05, 0) is 31.5 Å². The zero-order valence-electron chi connectivity index (χ0n) is 9.70. The molecule has 17 heavy (non-hydrogen) atoms. The van der Waals surface area contributed by atoms with Crippen LogP contribution in [0.5, 0.6) is 0 Å². The van der Waals surface area contributed by atoms with Gasteiger partial charge in [-0.2, -0.15) is 0 Å². The minimum Gasteiger partial charge on any atom is -0.465 e. The van der Waals surface area contributed by atoms with Crippen molar-refractivity contribution in [3.8, 4) is 0 Å². The summed E-state index contributed by atoms with van der Waals surface area (Å²) >= 11 is 0.988. The first kappa shape index (κ1) is 14.0. The van der Waals surface area contributed by atoms with Crippen LogP contribution in [-0.2, 0) is 9.53 Å². The predicted octanol–water partition coefficient (Wildman–Crippen LogP) is 3.40. The summed E-state index contributed by atoms with van der Waals surface area (Å²) in [4.78, 5) is 11.6. The minimum atomic E-state index is -0.529. The van der Waals surface area contributed by atoms with Gasteiger partial charge in [-0.3, -0.25) is 4.79 Å². The summed E-state index contributed by atoms with van der Waals surface area (Å²) in [6, 6.07) is 3.18. The first-order valence-corrected chi connectivity index (χ1v) is 6.24. The van der Waals surface area contributed by atoms with Crippen LogP contribution in [0.3, 0.4) is 0 Å². The van der Waals surface area contributed by atoms with E-state index in [1.54, 1.807) is 13.8 Å². The molecule has 1 aromatic carbocycles. The molecule has 1 atom stereocenters. The SMILES string of the molecule is CCOC(=O)C(CC)Sc1cc(F)ccc1F. The smallest absolute Gasteiger partial charge is 0.319 e. The summed E-state index contributed by atoms with van der Waals surface area (Å²) in [7, 11) is 0. The summed E-state index contributed by atoms with van der Waals surface area (Å²) in [6.07, 6.45) is 0.499. The van der Waals surface area contributed by atoms with Crippen LogP contribution in [-0.4, -0.2) is 17.8 Å². The molecule has 1 unspecified atom stereocenters. The van der Waals surface area contributed by atoms with E-state index in [0.29, 0.717) is 6.42 Å². The zero-order valence-corrected chi connectivity index (χ0v) is 10.5. The van der Waals surface area contributed by atoms with Crippen molar-refractivity contribution in [2.75, 3.05) is 6.61 Å². The highest BCUT2D eigenvalue weighted by Gasteiger charge is 2.20. The van der Waals surface area contributed by atoms with Gasteiger partial charge in [0.1, 0.15) is 16.9 Å². The number of hydrogen-bond donors (Lipinski definition) is 0. The monoisotopic (exact) mass is 260 g/mol. The summed E-state index contributed by atoms with van der Waals surface area (Å²) in [5.41, 5.74) is 0. The number of ether oxygens (including phenoxy) is 1. The van der Waals surface area contributed by atoms with Gasteiger partial charge in [0, 0.05) is 4.90 Å². The standard InChI is InChI=1S/C12H14F2O2S/c1-3-10(12(15)16-4-2)17-11-7-8(13)5-6-9(11)14/h5-7,10H,3-4H2,1-2H3. The van der Waals surface area contributed by atoms with Crippen molar-refractivity contribution >= 4 is 17.7 Å². The third kappa shape index (κ3) is 4.00. The van der Waals surface area contributed by atoms with Crippen LogP contribution in [0.25, 0.3) is 0 Å². The molecule has 0 fully saturated rings. The lowest BCUT2D eigenvalue weighted by atomic mass is 10.3. The minimum absolute atomic E-state index is 0.130. The van der Waals surface area contributed by atoms with Crippen molar-refractivity contribution in [1.82, 2.24) is 0 Å². The molecular formula is C12H14F2O2S. The quantitative estimate of drug-likeness (QED) is 0.599. The Bertz CT molecular complexity index is 396. The molecule has 5 heteroatoms. The Hall–Kier alpha value is -1.10. The van der Waals surface area contributed by atoms with Gasteiger partial charge in [-0.15, -0.1) is 11.8 Å². The number of thioether (sulfide) groups is 1. The number of carbonyl (C=O) groups excluding carboxylic acids is 1. The fourth-order valence-corrected chi connectivity index (χ4v) is 2.25. The molecule has 0 aromatic heterocycles. The highest BCUT2D eigenvalue weighted by atomic mass is 32.2. The Balaban J connectivity index is 2.80. The van der Waals surface area contributed by atoms with E-state index in [2.05, 4.69) is 0 Å². The van der Waals surface area contributed by atoms with Gasteiger partial charge >= 0.3 is 5.97 Å². The van der Waals surface area contributed by atoms with Gasteiger partial charge < -0.3 is 4.74 Å². The number of rotatable bonds is 5. The molecule has 0 aliphatic heterocycles. The van der Waals surface area contributed by atoms with Crippen molar-refractivity contribution in [2.24, 2.45) is 0 Å². The number of carbonyl (C=O) groups is 1. The molecule has 2 nitrogen and oxygen atoms in total. The number of esters is 1. The van der Waals surface area contributed by atoms with Crippen LogP contribution >= 0.6 is 11.8 Å². The van der Waals surface area contributed by atoms with Crippen molar-refractivity contribution in [3.05, 3.63) is 29.8 Å². The predicted molar refractivity (Wildman–Crippen MR) is 62.9 cm³/mol. The van der Waals surface area contributed by atoms with Gasteiger partial charge in [0.25, 0.3) is 0 Å². The fraction of sp³-hybridized carbons (Fsp3) is 0.417. The second kappa shape index (κ2) is 6.59. The Morgan fingerprint density at radius 3 is 2.71 bits per heavy atom. The largest absolute Gasteiger partial charge is 0.465 e. The Labute approximate surface area is 103 Å². The van der Waals surface area contributed by atoms with E-state index in [1.807, 2.05) is 0 Å². The maximum absolute atomic E-state index is 13.4. The first-order chi connectivity index (χ1) is 8.08. The van der Waals surface area contributed by atoms with Crippen LogP contribution in [0.15, 0.2) is 23.1 Å². The molecule has 0 spiro atoms. The molecule has 0 saturated heterocycles. The summed E-state index contributed by atoms with van der Waals surface area (Å²) < 4.78 is 31.2. The van der Waals surface area contributed by atoms with Crippen molar-refractivity contribution in [3.63, 3.8) is 0 Å². The normalized spacial score (nSPS) is 12.2. The molecule has 0 heterocycles. The lowest BCUT2D eigenvalue weighted by Gasteiger charge is -2.13. The van der Waals surface area contributed by atoms with Gasteiger partial charge in [0.2, 0.25) is 0 Å². The molecule has 0 aliphatic rings. The van der Waals surface area contributed by atoms with Crippen molar-refractivity contribution < 1.29 is 18.3 Å². The number of halogens is 2. The second-order valence-corrected chi connectivity index (χ2v) is 4.59. The van der Waals surface area contributed by atoms with Crippen LogP contribution < -0.4 is 0 Å². The van der Waals surface area contributed by atoms with E-state index in [4.69, 9.17) is 4.74 Å². The van der Waals surface area contributed by atoms with Gasteiger partial charge in [0.05, 0.1) is 6.61 Å². The van der Waals surface area contributed by atoms with Crippen LogP contribution in [0, 0.1) is 11.6 Å². The first-order valence-electron chi connectivity index (χ1n) is 5.36. The lowest BCUT2D eigenvalue weighted by molar-refractivity contribution is -0.142. The van der Waals surface area contributed by atoms with Crippen LogP contribution in [0.1, 0.15) is 20.3 Å². The molecule has 1 rings (SSSR count). The Kier molecular flexibility index (Phi) is 5.41. The van der Waals surface area contributed by atoms with Crippen molar-refractivity contribution in [1.29, 1.82) is 0 Å². The second-order valence-electron chi connectivity index (χ2n) is 3.34. The average molecular weight is 260 g/mol. The molecule has 0 amide bonds. The zero-order chi connectivity index (χ0) is 12.8. The molecule has 1 aromatic rings. The lowest BCUT2D eigenvalue weighted by Crippen LogP contribution is -2.19. The maximum atomic E-state index is 13.4. The van der Waals surface area contributed by atoms with E-state index in [1.165, 1.54) is 0 Å².